The zero-order valence-electron chi connectivity index (χ0n) is 51.1. The lowest BCUT2D eigenvalue weighted by atomic mass is 9.79. The van der Waals surface area contributed by atoms with Gasteiger partial charge in [-0.05, 0) is 59.5 Å². The predicted molar refractivity (Wildman–Crippen MR) is 333 cm³/mol. The summed E-state index contributed by atoms with van der Waals surface area (Å²) in [6.45, 7) is 2.90. The van der Waals surface area contributed by atoms with Gasteiger partial charge in [0.15, 0.2) is 29.4 Å². The molecule has 2 amide bonds. The average molecular weight is 1190 g/mol. The zero-order chi connectivity index (χ0) is 61.0. The molecule has 9 rings (SSSR count). The average Bonchev–Trinajstić information content (AvgIpc) is 1.97. The summed E-state index contributed by atoms with van der Waals surface area (Å²) in [6.07, 6.45) is 18.6. The maximum atomic E-state index is 15.6. The van der Waals surface area contributed by atoms with Crippen molar-refractivity contribution in [1.82, 2.24) is 34.0 Å². The minimum atomic E-state index is -1.24. The second kappa shape index (κ2) is 31.9. The van der Waals surface area contributed by atoms with Crippen LogP contribution in [-0.4, -0.2) is 118 Å². The number of fused-ring (bicyclic) bond motifs is 1. The van der Waals surface area contributed by atoms with Crippen LogP contribution >= 0.6 is 0 Å². The van der Waals surface area contributed by atoms with Gasteiger partial charge in [0.1, 0.15) is 35.6 Å². The van der Waals surface area contributed by atoms with Crippen molar-refractivity contribution in [2.24, 2.45) is 5.92 Å². The van der Waals surface area contributed by atoms with E-state index in [-0.39, 0.29) is 37.2 Å². The van der Waals surface area contributed by atoms with E-state index in [1.165, 1.54) is 101 Å². The van der Waals surface area contributed by atoms with Crippen molar-refractivity contribution in [2.45, 2.75) is 159 Å². The second-order valence-corrected chi connectivity index (χ2v) is 22.8. The summed E-state index contributed by atoms with van der Waals surface area (Å²) in [7, 11) is 6.41. The lowest BCUT2D eigenvalue weighted by Crippen LogP contribution is -2.43. The van der Waals surface area contributed by atoms with Crippen LogP contribution in [0.3, 0.4) is 0 Å². The number of anilines is 1. The smallest absolute Gasteiger partial charge is 0.330 e. The van der Waals surface area contributed by atoms with Gasteiger partial charge in [0.25, 0.3) is 11.5 Å². The lowest BCUT2D eigenvalue weighted by Gasteiger charge is -2.37. The zero-order valence-corrected chi connectivity index (χ0v) is 51.1. The Kier molecular flexibility index (Phi) is 23.4. The summed E-state index contributed by atoms with van der Waals surface area (Å²) in [5.74, 6) is 0.424. The summed E-state index contributed by atoms with van der Waals surface area (Å²) in [4.78, 5) is 72.8. The third-order valence-electron chi connectivity index (χ3n) is 17.1. The van der Waals surface area contributed by atoms with E-state index in [0.29, 0.717) is 41.2 Å². The van der Waals surface area contributed by atoms with Gasteiger partial charge in [0.2, 0.25) is 5.91 Å². The van der Waals surface area contributed by atoms with E-state index in [9.17, 15) is 14.4 Å². The summed E-state index contributed by atoms with van der Waals surface area (Å²) >= 11 is 0. The minimum Gasteiger partial charge on any atom is -0.497 e. The Labute approximate surface area is 510 Å². The number of amides is 2. The molecule has 19 heteroatoms. The molecule has 7 aromatic rings. The largest absolute Gasteiger partial charge is 0.497 e. The fourth-order valence-electron chi connectivity index (χ4n) is 12.4. The molecule has 2 saturated heterocycles. The van der Waals surface area contributed by atoms with Gasteiger partial charge in [0, 0.05) is 63.9 Å². The molecule has 0 aliphatic carbocycles. The van der Waals surface area contributed by atoms with Crippen LogP contribution in [0.5, 0.6) is 11.5 Å². The number of rotatable bonds is 34. The maximum Gasteiger partial charge on any atom is 0.330 e. The van der Waals surface area contributed by atoms with Gasteiger partial charge in [-0.15, -0.1) is 0 Å². The predicted octanol–water partition coefficient (Wildman–Crippen LogP) is 11.6. The van der Waals surface area contributed by atoms with Crippen LogP contribution < -0.4 is 26.0 Å². The van der Waals surface area contributed by atoms with E-state index in [1.807, 2.05) is 89.8 Å². The minimum absolute atomic E-state index is 0.0479. The fourth-order valence-corrected chi connectivity index (χ4v) is 12.4. The Bertz CT molecular complexity index is 3310. The van der Waals surface area contributed by atoms with E-state index < -0.39 is 59.6 Å². The number of ether oxygens (including phenoxy) is 7. The van der Waals surface area contributed by atoms with Crippen LogP contribution in [0, 0.1) is 5.92 Å². The van der Waals surface area contributed by atoms with Gasteiger partial charge >= 0.3 is 5.69 Å². The van der Waals surface area contributed by atoms with Crippen molar-refractivity contribution in [2.75, 3.05) is 53.5 Å². The topological polar surface area (TPSA) is 212 Å². The molecule has 3 aromatic heterocycles. The first-order chi connectivity index (χ1) is 42.6. The van der Waals surface area contributed by atoms with Gasteiger partial charge < -0.3 is 43.4 Å². The van der Waals surface area contributed by atoms with Crippen molar-refractivity contribution < 1.29 is 42.7 Å². The first-order valence-electron chi connectivity index (χ1n) is 31.1. The van der Waals surface area contributed by atoms with Crippen LogP contribution in [0.25, 0.3) is 11.2 Å². The molecule has 464 valence electrons. The van der Waals surface area contributed by atoms with E-state index in [1.54, 1.807) is 56.5 Å². The highest BCUT2D eigenvalue weighted by Gasteiger charge is 2.50. The highest BCUT2D eigenvalue weighted by Crippen LogP contribution is 2.45. The summed E-state index contributed by atoms with van der Waals surface area (Å²) in [5, 5.41) is 2.89. The Balaban J connectivity index is 0.977. The van der Waals surface area contributed by atoms with Crippen molar-refractivity contribution in [3.8, 4) is 11.5 Å². The van der Waals surface area contributed by atoms with E-state index >= 15 is 4.79 Å². The molecular formula is C68H86N8O11. The normalized spacial score (nSPS) is 19.3. The number of carbonyl (C=O) groups is 2. The number of carbonyl (C=O) groups excluding carboxylic acids is 2. The van der Waals surface area contributed by atoms with Crippen molar-refractivity contribution in [3.63, 3.8) is 0 Å². The van der Waals surface area contributed by atoms with Crippen molar-refractivity contribution in [1.29, 1.82) is 0 Å². The summed E-state index contributed by atoms with van der Waals surface area (Å²) in [6, 6.07) is 35.5. The number of benzene rings is 4. The molecule has 0 spiro atoms. The van der Waals surface area contributed by atoms with Gasteiger partial charge in [-0.25, -0.2) is 19.7 Å². The molecule has 0 saturated carbocycles. The standard InChI is InChI=1S/C68H86N8O11/c1-6-7-8-9-10-11-12-13-14-15-16-17-18-19-26-40-74(44-54-42-56(83-4)65(86-54)76-47-71-60-62(69-46-70-63(60)76)73-64(79)48-27-22-20-23-28-48)59(78)43-55-57(87-66(61(55)84-5)75-41-39-58(77)72-67(75)80)45-85-68(49-29-24-21-25-30-49,50-31-35-52(81-2)36-32-50)51-33-37-53(82-3)38-34-51/h20-25,27-39,41,46-47,54-57,61,65-66H,6-19,26,40,42-45H2,1-5H3,(H,72,77,80)(H,69,70,73,79)/t54-,55-,56-,57-,61-,65-,66-/m1/s1. The SMILES string of the molecule is CCCCCCCCCCCCCCCCCN(C[C@H]1C[C@@H](OC)[C@H](n2cnc3c(NC(=O)c4ccccc4)ncnc32)O1)C(=O)C[C@H]1[C@@H](OC)[C@H](n2ccc(=O)[nH]c2=O)O[C@@H]1COC(c1ccccc1)(c1ccc(OC)cc1)c1ccc(OC)cc1. The Morgan fingerprint density at radius 1 is 0.667 bits per heavy atom. The summed E-state index contributed by atoms with van der Waals surface area (Å²) < 4.78 is 48.0. The van der Waals surface area contributed by atoms with Gasteiger partial charge in [-0.3, -0.25) is 28.5 Å². The highest BCUT2D eigenvalue weighted by atomic mass is 16.6. The molecule has 7 atom stereocenters. The molecule has 5 heterocycles. The first kappa shape index (κ1) is 63.9. The molecule has 19 nitrogen and oxygen atoms in total. The Morgan fingerprint density at radius 3 is 1.83 bits per heavy atom. The quantitative estimate of drug-likeness (QED) is 0.0284. The molecule has 0 bridgehead atoms. The Morgan fingerprint density at radius 2 is 1.25 bits per heavy atom. The summed E-state index contributed by atoms with van der Waals surface area (Å²) in [5.41, 5.74) is 1.23. The van der Waals surface area contributed by atoms with Gasteiger partial charge in [-0.2, -0.15) is 0 Å². The van der Waals surface area contributed by atoms with Crippen molar-refractivity contribution in [3.05, 3.63) is 177 Å². The van der Waals surface area contributed by atoms with Gasteiger partial charge in [-0.1, -0.05) is 170 Å². The van der Waals surface area contributed by atoms with E-state index in [2.05, 4.69) is 32.2 Å². The van der Waals surface area contributed by atoms with E-state index in [4.69, 9.17) is 33.2 Å². The third-order valence-corrected chi connectivity index (χ3v) is 17.1. The molecule has 2 aliphatic heterocycles. The maximum absolute atomic E-state index is 15.6. The monoisotopic (exact) mass is 1190 g/mol. The number of H-pyrrole nitrogens is 1. The number of aromatic nitrogens is 6. The molecule has 4 aromatic carbocycles. The fraction of sp³-hybridized carbons (Fsp3) is 0.485. The van der Waals surface area contributed by atoms with Gasteiger partial charge in [0.05, 0.1) is 39.4 Å². The molecule has 2 fully saturated rings. The number of nitrogens with zero attached hydrogens (tertiary/aromatic N) is 6. The number of unbranched alkanes of at least 4 members (excludes halogenated alkanes) is 14. The lowest BCUT2D eigenvalue weighted by molar-refractivity contribution is -0.137. The first-order valence-corrected chi connectivity index (χ1v) is 31.1. The number of hydrogen-bond acceptors (Lipinski definition) is 14. The highest BCUT2D eigenvalue weighted by molar-refractivity contribution is 6.06. The van der Waals surface area contributed by atoms with E-state index in [0.717, 1.165) is 42.4 Å². The number of methoxy groups -OCH3 is 4. The molecule has 2 aliphatic rings. The van der Waals surface area contributed by atoms with Crippen LogP contribution in [-0.2, 0) is 34.1 Å². The third kappa shape index (κ3) is 16.0. The Hall–Kier alpha value is -7.55. The molecule has 0 radical (unpaired) electrons. The molecule has 87 heavy (non-hydrogen) atoms. The molecule has 0 unspecified atom stereocenters. The second-order valence-electron chi connectivity index (χ2n) is 22.8. The number of nitrogens with one attached hydrogen (secondary N) is 2. The van der Waals surface area contributed by atoms with Crippen molar-refractivity contribution >= 4 is 28.8 Å². The number of aromatic amines is 1. The van der Waals surface area contributed by atoms with Crippen LogP contribution in [0.1, 0.15) is 156 Å². The van der Waals surface area contributed by atoms with Crippen LogP contribution in [0.15, 0.2) is 144 Å². The van der Waals surface area contributed by atoms with Crippen LogP contribution in [0.4, 0.5) is 5.82 Å². The number of hydrogen-bond donors (Lipinski definition) is 2. The molecular weight excluding hydrogens is 1100 g/mol. The molecule has 2 N–H and O–H groups in total. The van der Waals surface area contributed by atoms with Crippen LogP contribution in [0.2, 0.25) is 0 Å². The number of imidazole rings is 1.